The minimum Gasteiger partial charge on any atom is -0.545 e. The first-order chi connectivity index (χ1) is 30.7. The smallest absolute Gasteiger partial charge is 0.162 e. The number of hydrogen-bond donors (Lipinski definition) is 4. The average Bonchev–Trinajstić information content (AvgIpc) is 3.29. The van der Waals surface area contributed by atoms with Crippen molar-refractivity contribution in [2.24, 2.45) is 0 Å². The summed E-state index contributed by atoms with van der Waals surface area (Å²) < 4.78 is 33.0. The van der Waals surface area contributed by atoms with Gasteiger partial charge in [0.15, 0.2) is 11.6 Å². The molecule has 2 saturated heterocycles. The van der Waals surface area contributed by atoms with Crippen LogP contribution in [0.1, 0.15) is 58.5 Å². The second-order valence-electron chi connectivity index (χ2n) is 15.7. The third-order valence-corrected chi connectivity index (χ3v) is 10.4. The molecule has 2 atom stereocenters. The lowest BCUT2D eigenvalue weighted by Gasteiger charge is -2.30. The molecule has 2 aliphatic heterocycles. The van der Waals surface area contributed by atoms with Gasteiger partial charge in [-0.15, -0.1) is 0 Å². The minimum absolute atomic E-state index is 0.0865. The molecular weight excluding hydrogens is 833 g/mol. The molecule has 2 aromatic rings. The molecule has 18 nitrogen and oxygen atoms in total. The van der Waals surface area contributed by atoms with Gasteiger partial charge in [0.1, 0.15) is 50.0 Å². The molecule has 360 valence electrons. The molecule has 4 N–H and O–H groups in total. The largest absolute Gasteiger partial charge is 0.545 e. The molecule has 0 aromatic heterocycles. The predicted octanol–water partition coefficient (Wildman–Crippen LogP) is -2.93. The second-order valence-corrected chi connectivity index (χ2v) is 15.7. The number of Topliss-reactive ketones (excluding diaryl/α,β-unsaturated/α-hetero) is 2. The number of hydrogen-bond acceptors (Lipinski definition) is 16. The summed E-state index contributed by atoms with van der Waals surface area (Å²) in [5.41, 5.74) is 2.94. The lowest BCUT2D eigenvalue weighted by Crippen LogP contribution is -3.15. The van der Waals surface area contributed by atoms with Crippen LogP contribution in [-0.2, 0) is 41.8 Å². The van der Waals surface area contributed by atoms with Crippen molar-refractivity contribution < 1.29 is 77.8 Å². The Kier molecular flexibility index (Phi) is 28.2. The quantitative estimate of drug-likeness (QED) is 0.0421. The lowest BCUT2D eigenvalue weighted by molar-refractivity contribution is -0.907. The number of benzene rings is 2. The number of carboxylic acid groups (broad SMARTS) is 2. The highest BCUT2D eigenvalue weighted by Crippen LogP contribution is 2.24. The van der Waals surface area contributed by atoms with E-state index < -0.39 is 24.1 Å². The van der Waals surface area contributed by atoms with E-state index >= 15 is 0 Å². The highest BCUT2D eigenvalue weighted by Gasteiger charge is 2.23. The van der Waals surface area contributed by atoms with Crippen molar-refractivity contribution in [1.29, 1.82) is 0 Å². The van der Waals surface area contributed by atoms with Gasteiger partial charge in [0.2, 0.25) is 0 Å². The van der Waals surface area contributed by atoms with Gasteiger partial charge in [-0.05, 0) is 62.6 Å². The number of ether oxygens (including phenoxy) is 6. The third kappa shape index (κ3) is 23.5. The maximum Gasteiger partial charge on any atom is 0.162 e. The summed E-state index contributed by atoms with van der Waals surface area (Å²) in [6.45, 7) is 16.5. The first-order valence-electron chi connectivity index (χ1n) is 21.9. The van der Waals surface area contributed by atoms with Crippen molar-refractivity contribution >= 4 is 23.5 Å². The summed E-state index contributed by atoms with van der Waals surface area (Å²) in [4.78, 5) is 50.3. The van der Waals surface area contributed by atoms with Gasteiger partial charge in [-0.3, -0.25) is 19.4 Å². The Morgan fingerprint density at radius 1 is 0.641 bits per heavy atom. The number of carboxylic acids is 2. The number of aliphatic hydroxyl groups excluding tert-OH is 2. The molecule has 4 rings (SSSR count). The Morgan fingerprint density at radius 3 is 1.31 bits per heavy atom. The van der Waals surface area contributed by atoms with Crippen LogP contribution in [0.3, 0.4) is 0 Å². The Morgan fingerprint density at radius 2 is 1.00 bits per heavy atom. The first kappa shape index (κ1) is 55.8. The molecule has 0 aliphatic carbocycles. The number of ketones is 2. The minimum atomic E-state index is -1.55. The lowest BCUT2D eigenvalue weighted by atomic mass is 10.1. The van der Waals surface area contributed by atoms with E-state index in [2.05, 4.69) is 23.9 Å². The maximum atomic E-state index is 12.0. The molecule has 2 heterocycles. The summed E-state index contributed by atoms with van der Waals surface area (Å²) in [5.74, 6) is -1.62. The maximum absolute atomic E-state index is 12.0. The molecule has 2 fully saturated rings. The van der Waals surface area contributed by atoms with Crippen LogP contribution in [0.15, 0.2) is 48.6 Å². The zero-order valence-electron chi connectivity index (χ0n) is 38.6. The third-order valence-electron chi connectivity index (χ3n) is 10.4. The number of carbonyl (C=O) groups excluding carboxylic acids is 4. The van der Waals surface area contributed by atoms with E-state index in [1.54, 1.807) is 38.5 Å². The van der Waals surface area contributed by atoms with E-state index in [1.807, 2.05) is 26.0 Å². The second kappa shape index (κ2) is 32.3. The van der Waals surface area contributed by atoms with Gasteiger partial charge in [0.05, 0.1) is 77.8 Å². The number of nitrogens with zero attached hydrogens (tertiary/aromatic N) is 2. The molecule has 0 amide bonds. The van der Waals surface area contributed by atoms with Crippen molar-refractivity contribution in [2.75, 3.05) is 133 Å². The molecule has 18 heteroatoms. The molecule has 0 spiro atoms. The van der Waals surface area contributed by atoms with Gasteiger partial charge in [-0.25, -0.2) is 0 Å². The Labute approximate surface area is 378 Å². The number of methoxy groups -OCH3 is 2. The van der Waals surface area contributed by atoms with Crippen LogP contribution in [-0.4, -0.2) is 189 Å². The van der Waals surface area contributed by atoms with Gasteiger partial charge in [0, 0.05) is 75.5 Å². The Hall–Kier alpha value is -4.34. The fourth-order valence-corrected chi connectivity index (χ4v) is 6.64. The number of likely N-dealkylation sites (N-methyl/N-ethyl adjacent to an activating group) is 2. The van der Waals surface area contributed by atoms with Gasteiger partial charge >= 0.3 is 0 Å². The van der Waals surface area contributed by atoms with E-state index in [0.29, 0.717) is 100 Å². The topological polar surface area (TPSA) is 226 Å². The molecule has 0 saturated carbocycles. The van der Waals surface area contributed by atoms with Crippen molar-refractivity contribution in [3.05, 3.63) is 70.8 Å². The van der Waals surface area contributed by atoms with Crippen molar-refractivity contribution in [2.45, 2.75) is 52.1 Å². The van der Waals surface area contributed by atoms with Crippen LogP contribution in [0, 0.1) is 0 Å². The number of rotatable bonds is 26. The number of nitrogens with one attached hydrogen (secondary N) is 2. The molecule has 0 bridgehead atoms. The fraction of sp³-hybridized carbons (Fsp3) is 0.609. The zero-order chi connectivity index (χ0) is 47.3. The van der Waals surface area contributed by atoms with E-state index in [1.165, 1.54) is 9.80 Å². The van der Waals surface area contributed by atoms with E-state index in [0.717, 1.165) is 63.5 Å². The van der Waals surface area contributed by atoms with E-state index in [4.69, 9.17) is 28.4 Å². The van der Waals surface area contributed by atoms with Gasteiger partial charge < -0.3 is 68.2 Å². The highest BCUT2D eigenvalue weighted by molar-refractivity contribution is 5.96. The van der Waals surface area contributed by atoms with Gasteiger partial charge in [0.25, 0.3) is 0 Å². The summed E-state index contributed by atoms with van der Waals surface area (Å²) in [7, 11) is 7.50. The van der Waals surface area contributed by atoms with E-state index in [9.17, 15) is 39.6 Å². The van der Waals surface area contributed by atoms with Crippen LogP contribution in [0.25, 0.3) is 0 Å². The average molecular weight is 905 g/mol. The summed E-state index contributed by atoms with van der Waals surface area (Å²) in [6, 6.07) is 10.8. The van der Waals surface area contributed by atoms with Crippen LogP contribution in [0.2, 0.25) is 0 Å². The van der Waals surface area contributed by atoms with Crippen LogP contribution in [0.4, 0.5) is 0 Å². The Balaban J connectivity index is 0.000000376. The molecular formula is C46H72N4O14. The zero-order valence-corrected chi connectivity index (χ0v) is 38.6. The monoisotopic (exact) mass is 905 g/mol. The molecule has 2 aliphatic rings. The molecule has 64 heavy (non-hydrogen) atoms. The van der Waals surface area contributed by atoms with Crippen LogP contribution < -0.4 is 29.5 Å². The number of quaternary nitrogens is 2. The molecule has 0 radical (unpaired) electrons. The van der Waals surface area contributed by atoms with E-state index in [-0.39, 0.29) is 24.8 Å². The number of carbonyl (C=O) groups is 4. The number of aliphatic hydroxyl groups is 2. The summed E-state index contributed by atoms with van der Waals surface area (Å²) in [5, 5.41) is 39.6. The van der Waals surface area contributed by atoms with Crippen molar-refractivity contribution in [3.8, 4) is 11.5 Å². The van der Waals surface area contributed by atoms with Crippen molar-refractivity contribution in [3.63, 3.8) is 0 Å². The standard InChI is InChI=1S/2C21H34N2O5.C4H4O4/c2*1-4-20(25)17-5-6-21(18(13-17)15-27-12-11-26-3)28-16-19(24)14-23-9-7-22(2)8-10-23;5-3(6)1-2-4(7)8/h2*5-6,13,19,24H,4,7-12,14-16H2,1-3H3;1-2H,(H,5,6)(H,7,8)/b;;2-1+. The van der Waals surface area contributed by atoms with Gasteiger partial charge in [-0.1, -0.05) is 13.8 Å². The van der Waals surface area contributed by atoms with Gasteiger partial charge in [-0.2, -0.15) is 0 Å². The fourth-order valence-electron chi connectivity index (χ4n) is 6.64. The molecule has 2 aromatic carbocycles. The Bertz CT molecular complexity index is 1570. The number of aliphatic carboxylic acids is 2. The van der Waals surface area contributed by atoms with Crippen LogP contribution in [0.5, 0.6) is 11.5 Å². The number of piperazine rings is 2. The summed E-state index contributed by atoms with van der Waals surface area (Å²) in [6.07, 6.45) is 0.619. The summed E-state index contributed by atoms with van der Waals surface area (Å²) >= 11 is 0. The molecule has 2 unspecified atom stereocenters. The first-order valence-corrected chi connectivity index (χ1v) is 21.9. The van der Waals surface area contributed by atoms with Crippen molar-refractivity contribution in [1.82, 2.24) is 9.80 Å². The van der Waals surface area contributed by atoms with Crippen LogP contribution >= 0.6 is 0 Å². The predicted molar refractivity (Wildman–Crippen MR) is 233 cm³/mol. The highest BCUT2D eigenvalue weighted by atomic mass is 16.5. The normalized spacial score (nSPS) is 15.9. The SMILES string of the molecule is CCC(=O)c1ccc(OCC(O)C[NH+]2CCN(C)CC2)c(COCCOC)c1.CCC(=O)c1ccc(OCC(O)C[NH+]2CCN(C)CC2)c(COCCOC)c1.O=C([O-])/C=C/C(=O)[O-].